The summed E-state index contributed by atoms with van der Waals surface area (Å²) >= 11 is 0. The van der Waals surface area contributed by atoms with E-state index in [2.05, 4.69) is 5.32 Å². The number of benzene rings is 2. The van der Waals surface area contributed by atoms with E-state index in [1.807, 2.05) is 56.3 Å². The molecule has 2 atom stereocenters. The Morgan fingerprint density at radius 2 is 1.80 bits per heavy atom. The van der Waals surface area contributed by atoms with E-state index in [-0.39, 0.29) is 6.04 Å². The Hall–Kier alpha value is -1.84. The number of hydrogen-bond donors (Lipinski definition) is 3. The highest BCUT2D eigenvalue weighted by atomic mass is 16.3. The van der Waals surface area contributed by atoms with Crippen molar-refractivity contribution in [3.63, 3.8) is 0 Å². The second kappa shape index (κ2) is 6.55. The minimum atomic E-state index is -0.550. The first-order chi connectivity index (χ1) is 9.58. The minimum Gasteiger partial charge on any atom is -0.508 e. The number of aromatic hydroxyl groups is 1. The van der Waals surface area contributed by atoms with E-state index in [9.17, 15) is 10.2 Å². The highest BCUT2D eigenvalue weighted by molar-refractivity contribution is 5.37. The fourth-order valence-electron chi connectivity index (χ4n) is 2.21. The molecule has 0 saturated carbocycles. The predicted octanol–water partition coefficient (Wildman–Crippen LogP) is 3.08. The van der Waals surface area contributed by atoms with Gasteiger partial charge in [-0.15, -0.1) is 0 Å². The SMILES string of the molecule is Cc1ccc(C(C)NCC(O)c2ccccc2)c(O)c1. The highest BCUT2D eigenvalue weighted by Crippen LogP contribution is 2.25. The molecule has 0 aromatic heterocycles. The van der Waals surface area contributed by atoms with Gasteiger partial charge in [0.05, 0.1) is 6.10 Å². The number of phenols is 1. The number of rotatable bonds is 5. The molecule has 2 unspecified atom stereocenters. The van der Waals surface area contributed by atoms with E-state index >= 15 is 0 Å². The smallest absolute Gasteiger partial charge is 0.120 e. The number of phenolic OH excluding ortho intramolecular Hbond substituents is 1. The molecule has 0 heterocycles. The molecule has 106 valence electrons. The summed E-state index contributed by atoms with van der Waals surface area (Å²) in [5.41, 5.74) is 2.76. The molecule has 0 aliphatic carbocycles. The maximum Gasteiger partial charge on any atom is 0.120 e. The Kier molecular flexibility index (Phi) is 4.77. The van der Waals surface area contributed by atoms with Crippen LogP contribution in [0.5, 0.6) is 5.75 Å². The molecule has 3 N–H and O–H groups in total. The van der Waals surface area contributed by atoms with Gasteiger partial charge in [-0.05, 0) is 31.0 Å². The Morgan fingerprint density at radius 3 is 2.45 bits per heavy atom. The van der Waals surface area contributed by atoms with Crippen LogP contribution >= 0.6 is 0 Å². The van der Waals surface area contributed by atoms with Crippen LogP contribution in [0.25, 0.3) is 0 Å². The third-order valence-corrected chi connectivity index (χ3v) is 3.45. The van der Waals surface area contributed by atoms with Crippen LogP contribution in [0.2, 0.25) is 0 Å². The summed E-state index contributed by atoms with van der Waals surface area (Å²) < 4.78 is 0. The first-order valence-electron chi connectivity index (χ1n) is 6.84. The molecule has 0 amide bonds. The lowest BCUT2D eigenvalue weighted by molar-refractivity contribution is 0.170. The van der Waals surface area contributed by atoms with Gasteiger partial charge >= 0.3 is 0 Å². The van der Waals surface area contributed by atoms with Crippen molar-refractivity contribution in [3.8, 4) is 5.75 Å². The summed E-state index contributed by atoms with van der Waals surface area (Å²) in [6.45, 7) is 4.36. The Balaban J connectivity index is 1.96. The molecule has 0 radical (unpaired) electrons. The highest BCUT2D eigenvalue weighted by Gasteiger charge is 2.13. The van der Waals surface area contributed by atoms with Crippen LogP contribution in [0.15, 0.2) is 48.5 Å². The number of aliphatic hydroxyl groups is 1. The van der Waals surface area contributed by atoms with Gasteiger partial charge in [-0.1, -0.05) is 42.5 Å². The fraction of sp³-hybridized carbons (Fsp3) is 0.294. The largest absolute Gasteiger partial charge is 0.508 e. The Labute approximate surface area is 119 Å². The van der Waals surface area contributed by atoms with Gasteiger partial charge in [0.1, 0.15) is 5.75 Å². The van der Waals surface area contributed by atoms with Gasteiger partial charge in [0.25, 0.3) is 0 Å². The molecule has 0 fully saturated rings. The van der Waals surface area contributed by atoms with E-state index in [4.69, 9.17) is 0 Å². The van der Waals surface area contributed by atoms with Gasteiger partial charge in [-0.25, -0.2) is 0 Å². The zero-order valence-corrected chi connectivity index (χ0v) is 11.9. The third kappa shape index (κ3) is 3.59. The van der Waals surface area contributed by atoms with Crippen molar-refractivity contribution in [1.82, 2.24) is 5.32 Å². The molecule has 2 rings (SSSR count). The lowest BCUT2D eigenvalue weighted by atomic mass is 10.0. The average Bonchev–Trinajstić information content (AvgIpc) is 2.45. The summed E-state index contributed by atoms with van der Waals surface area (Å²) in [7, 11) is 0. The minimum absolute atomic E-state index is 0.0195. The first kappa shape index (κ1) is 14.6. The van der Waals surface area contributed by atoms with E-state index in [0.717, 1.165) is 16.7 Å². The van der Waals surface area contributed by atoms with Crippen molar-refractivity contribution in [2.45, 2.75) is 26.0 Å². The Bertz CT molecular complexity index is 554. The summed E-state index contributed by atoms with van der Waals surface area (Å²) in [6.07, 6.45) is -0.550. The van der Waals surface area contributed by atoms with E-state index in [1.54, 1.807) is 6.07 Å². The molecule has 0 aliphatic rings. The topological polar surface area (TPSA) is 52.5 Å². The Morgan fingerprint density at radius 1 is 1.10 bits per heavy atom. The summed E-state index contributed by atoms with van der Waals surface area (Å²) in [5.74, 6) is 0.291. The molecular formula is C17H21NO2. The molecule has 3 nitrogen and oxygen atoms in total. The van der Waals surface area contributed by atoms with Gasteiger partial charge in [0, 0.05) is 18.2 Å². The predicted molar refractivity (Wildman–Crippen MR) is 80.7 cm³/mol. The van der Waals surface area contributed by atoms with Gasteiger partial charge < -0.3 is 15.5 Å². The standard InChI is InChI=1S/C17H21NO2/c1-12-8-9-15(16(19)10-12)13(2)18-11-17(20)14-6-4-3-5-7-14/h3-10,13,17-20H,11H2,1-2H3. The molecule has 0 aliphatic heterocycles. The maximum atomic E-state index is 10.1. The van der Waals surface area contributed by atoms with Crippen molar-refractivity contribution in [2.24, 2.45) is 0 Å². The summed E-state index contributed by atoms with van der Waals surface area (Å²) in [5, 5.41) is 23.3. The lowest BCUT2D eigenvalue weighted by Gasteiger charge is -2.19. The van der Waals surface area contributed by atoms with Crippen LogP contribution in [-0.2, 0) is 0 Å². The summed E-state index contributed by atoms with van der Waals surface area (Å²) in [4.78, 5) is 0. The number of nitrogens with one attached hydrogen (secondary N) is 1. The quantitative estimate of drug-likeness (QED) is 0.783. The second-order valence-electron chi connectivity index (χ2n) is 5.12. The second-order valence-corrected chi connectivity index (χ2v) is 5.12. The monoisotopic (exact) mass is 271 g/mol. The first-order valence-corrected chi connectivity index (χ1v) is 6.84. The van der Waals surface area contributed by atoms with Crippen LogP contribution in [0.4, 0.5) is 0 Å². The van der Waals surface area contributed by atoms with Crippen LogP contribution < -0.4 is 5.32 Å². The molecule has 0 saturated heterocycles. The van der Waals surface area contributed by atoms with Crippen molar-refractivity contribution >= 4 is 0 Å². The molecule has 2 aromatic carbocycles. The molecule has 20 heavy (non-hydrogen) atoms. The molecule has 0 spiro atoms. The lowest BCUT2D eigenvalue weighted by Crippen LogP contribution is -2.24. The number of aryl methyl sites for hydroxylation is 1. The summed E-state index contributed by atoms with van der Waals surface area (Å²) in [6, 6.07) is 15.2. The van der Waals surface area contributed by atoms with E-state index in [1.165, 1.54) is 0 Å². The van der Waals surface area contributed by atoms with Crippen LogP contribution in [-0.4, -0.2) is 16.8 Å². The van der Waals surface area contributed by atoms with Gasteiger partial charge in [0.2, 0.25) is 0 Å². The van der Waals surface area contributed by atoms with E-state index < -0.39 is 6.10 Å². The number of hydrogen-bond acceptors (Lipinski definition) is 3. The van der Waals surface area contributed by atoms with Crippen molar-refractivity contribution in [1.29, 1.82) is 0 Å². The third-order valence-electron chi connectivity index (χ3n) is 3.45. The fourth-order valence-corrected chi connectivity index (χ4v) is 2.21. The van der Waals surface area contributed by atoms with Crippen LogP contribution in [0, 0.1) is 6.92 Å². The zero-order valence-electron chi connectivity index (χ0n) is 11.9. The van der Waals surface area contributed by atoms with Crippen molar-refractivity contribution in [3.05, 3.63) is 65.2 Å². The van der Waals surface area contributed by atoms with Crippen LogP contribution in [0.1, 0.15) is 35.8 Å². The molecule has 3 heteroatoms. The normalized spacial score (nSPS) is 13.9. The maximum absolute atomic E-state index is 10.1. The zero-order chi connectivity index (χ0) is 14.5. The molecular weight excluding hydrogens is 250 g/mol. The van der Waals surface area contributed by atoms with Gasteiger partial charge in [-0.3, -0.25) is 0 Å². The number of aliphatic hydroxyl groups excluding tert-OH is 1. The molecule has 0 bridgehead atoms. The van der Waals surface area contributed by atoms with E-state index in [0.29, 0.717) is 12.3 Å². The molecule has 2 aromatic rings. The average molecular weight is 271 g/mol. The van der Waals surface area contributed by atoms with Gasteiger partial charge in [-0.2, -0.15) is 0 Å². The van der Waals surface area contributed by atoms with Crippen molar-refractivity contribution in [2.75, 3.05) is 6.54 Å². The van der Waals surface area contributed by atoms with Crippen LogP contribution in [0.3, 0.4) is 0 Å². The van der Waals surface area contributed by atoms with Crippen molar-refractivity contribution < 1.29 is 10.2 Å². The van der Waals surface area contributed by atoms with Gasteiger partial charge in [0.15, 0.2) is 0 Å².